The van der Waals surface area contributed by atoms with Crippen LogP contribution in [0.3, 0.4) is 0 Å². The van der Waals surface area contributed by atoms with Crippen molar-refractivity contribution in [2.24, 2.45) is 5.92 Å². The molecule has 6 heteroatoms. The molecule has 0 fully saturated rings. The van der Waals surface area contributed by atoms with Crippen molar-refractivity contribution in [1.82, 2.24) is 0 Å². The van der Waals surface area contributed by atoms with Crippen molar-refractivity contribution in [3.05, 3.63) is 52.6 Å². The van der Waals surface area contributed by atoms with Crippen LogP contribution in [-0.2, 0) is 6.42 Å². The lowest BCUT2D eigenvalue weighted by Crippen LogP contribution is -2.22. The van der Waals surface area contributed by atoms with Gasteiger partial charge >= 0.3 is 0 Å². The molecule has 0 bridgehead atoms. The van der Waals surface area contributed by atoms with Gasteiger partial charge in [-0.3, -0.25) is 4.79 Å². The van der Waals surface area contributed by atoms with Crippen molar-refractivity contribution >= 4 is 11.9 Å². The molecule has 0 saturated heterocycles. The number of phenolic OH excluding ortho intramolecular Hbond substituents is 2. The molecule has 1 aliphatic rings. The normalized spacial score (nSPS) is 15.8. The molecule has 6 nitrogen and oxygen atoms in total. The Morgan fingerprint density at radius 2 is 1.77 bits per heavy atom. The Hall–Kier alpha value is -2.99. The molecule has 0 heterocycles. The van der Waals surface area contributed by atoms with E-state index in [4.69, 9.17) is 9.47 Å². The lowest BCUT2D eigenvalue weighted by molar-refractivity contribution is 0.101. The van der Waals surface area contributed by atoms with Crippen LogP contribution in [0.15, 0.2) is 35.9 Å². The topological polar surface area (TPSA) is 96.2 Å². The molecular formula is C20H20O6. The quantitative estimate of drug-likeness (QED) is 0.713. The van der Waals surface area contributed by atoms with Gasteiger partial charge in [0, 0.05) is 17.1 Å². The van der Waals surface area contributed by atoms with Gasteiger partial charge in [-0.05, 0) is 54.0 Å². The minimum absolute atomic E-state index is 0.0111. The van der Waals surface area contributed by atoms with E-state index >= 15 is 0 Å². The maximum Gasteiger partial charge on any atom is 0.189 e. The number of phenols is 2. The highest BCUT2D eigenvalue weighted by molar-refractivity contribution is 6.12. The third-order valence-corrected chi connectivity index (χ3v) is 4.58. The third kappa shape index (κ3) is 3.11. The SMILES string of the molecule is COc1cc(C(=O)C2=Cc3cc(O)c(OC)cc3CC2CO)ccc1O. The number of ether oxygens (including phenoxy) is 2. The maximum atomic E-state index is 13.0. The molecule has 0 aliphatic heterocycles. The molecule has 3 N–H and O–H groups in total. The summed E-state index contributed by atoms with van der Waals surface area (Å²) in [5.41, 5.74) is 2.39. The van der Waals surface area contributed by atoms with Gasteiger partial charge in [-0.1, -0.05) is 0 Å². The second kappa shape index (κ2) is 7.09. The molecule has 0 amide bonds. The van der Waals surface area contributed by atoms with E-state index in [-0.39, 0.29) is 35.6 Å². The van der Waals surface area contributed by atoms with E-state index in [2.05, 4.69) is 0 Å². The maximum absolute atomic E-state index is 13.0. The zero-order valence-corrected chi connectivity index (χ0v) is 14.5. The Labute approximate surface area is 150 Å². The molecule has 1 aliphatic carbocycles. The van der Waals surface area contributed by atoms with Gasteiger partial charge < -0.3 is 24.8 Å². The monoisotopic (exact) mass is 356 g/mol. The summed E-state index contributed by atoms with van der Waals surface area (Å²) >= 11 is 0. The van der Waals surface area contributed by atoms with Gasteiger partial charge in [0.1, 0.15) is 0 Å². The van der Waals surface area contributed by atoms with Crippen molar-refractivity contribution in [1.29, 1.82) is 0 Å². The van der Waals surface area contributed by atoms with Gasteiger partial charge in [0.25, 0.3) is 0 Å². The highest BCUT2D eigenvalue weighted by Crippen LogP contribution is 2.37. The Bertz CT molecular complexity index is 884. The second-order valence-corrected chi connectivity index (χ2v) is 6.12. The fraction of sp³-hybridized carbons (Fsp3) is 0.250. The van der Waals surface area contributed by atoms with Crippen molar-refractivity contribution in [3.63, 3.8) is 0 Å². The van der Waals surface area contributed by atoms with Gasteiger partial charge in [-0.2, -0.15) is 0 Å². The predicted octanol–water partition coefficient (Wildman–Crippen LogP) is 2.55. The zero-order valence-electron chi connectivity index (χ0n) is 14.5. The summed E-state index contributed by atoms with van der Waals surface area (Å²) in [7, 11) is 2.88. The first kappa shape index (κ1) is 17.8. The first-order valence-corrected chi connectivity index (χ1v) is 8.12. The molecular weight excluding hydrogens is 336 g/mol. The number of hydrogen-bond acceptors (Lipinski definition) is 6. The van der Waals surface area contributed by atoms with Crippen LogP contribution in [0.25, 0.3) is 6.08 Å². The van der Waals surface area contributed by atoms with Crippen LogP contribution in [0.4, 0.5) is 0 Å². The second-order valence-electron chi connectivity index (χ2n) is 6.12. The minimum Gasteiger partial charge on any atom is -0.504 e. The number of rotatable bonds is 5. The number of carbonyl (C=O) groups is 1. The van der Waals surface area contributed by atoms with Gasteiger partial charge in [0.2, 0.25) is 0 Å². The van der Waals surface area contributed by atoms with Crippen LogP contribution in [0.5, 0.6) is 23.0 Å². The molecule has 136 valence electrons. The Morgan fingerprint density at radius 3 is 2.42 bits per heavy atom. The van der Waals surface area contributed by atoms with Crippen LogP contribution >= 0.6 is 0 Å². The van der Waals surface area contributed by atoms with Crippen LogP contribution in [-0.4, -0.2) is 41.9 Å². The summed E-state index contributed by atoms with van der Waals surface area (Å²) in [5, 5.41) is 29.5. The van der Waals surface area contributed by atoms with Crippen LogP contribution < -0.4 is 9.47 Å². The van der Waals surface area contributed by atoms with E-state index in [0.29, 0.717) is 28.9 Å². The van der Waals surface area contributed by atoms with E-state index in [1.807, 2.05) is 0 Å². The smallest absolute Gasteiger partial charge is 0.189 e. The summed E-state index contributed by atoms with van der Waals surface area (Å²) in [4.78, 5) is 13.0. The number of aliphatic hydroxyl groups is 1. The highest BCUT2D eigenvalue weighted by atomic mass is 16.5. The summed E-state index contributed by atoms with van der Waals surface area (Å²) in [6, 6.07) is 7.64. The Kier molecular flexibility index (Phi) is 4.86. The zero-order chi connectivity index (χ0) is 18.8. The number of hydrogen-bond donors (Lipinski definition) is 3. The molecule has 26 heavy (non-hydrogen) atoms. The van der Waals surface area contributed by atoms with E-state index in [0.717, 1.165) is 5.56 Å². The van der Waals surface area contributed by atoms with Crippen molar-refractivity contribution in [3.8, 4) is 23.0 Å². The number of fused-ring (bicyclic) bond motifs is 1. The molecule has 3 rings (SSSR count). The Morgan fingerprint density at radius 1 is 1.08 bits per heavy atom. The number of aromatic hydroxyl groups is 2. The van der Waals surface area contributed by atoms with Crippen LogP contribution in [0.2, 0.25) is 0 Å². The molecule has 2 aromatic rings. The van der Waals surface area contributed by atoms with Crippen molar-refractivity contribution in [2.45, 2.75) is 6.42 Å². The summed E-state index contributed by atoms with van der Waals surface area (Å²) in [6.45, 7) is -0.185. The standard InChI is InChI=1S/C20H20O6/c1-25-18-8-11(3-4-16(18)22)20(24)15-6-13-7-17(23)19(26-2)9-12(13)5-14(15)10-21/h3-4,6-9,14,21-23H,5,10H2,1-2H3. The van der Waals surface area contributed by atoms with E-state index in [1.165, 1.54) is 32.4 Å². The molecule has 2 aromatic carbocycles. The fourth-order valence-corrected chi connectivity index (χ4v) is 3.16. The molecule has 0 saturated carbocycles. The molecule has 1 atom stereocenters. The number of benzene rings is 2. The van der Waals surface area contributed by atoms with Gasteiger partial charge in [0.15, 0.2) is 28.8 Å². The molecule has 0 spiro atoms. The fourth-order valence-electron chi connectivity index (χ4n) is 3.16. The van der Waals surface area contributed by atoms with Crippen LogP contribution in [0.1, 0.15) is 21.5 Å². The minimum atomic E-state index is -0.371. The van der Waals surface area contributed by atoms with E-state index in [1.54, 1.807) is 18.2 Å². The lowest BCUT2D eigenvalue weighted by Gasteiger charge is -2.24. The Balaban J connectivity index is 2.05. The molecule has 0 radical (unpaired) electrons. The van der Waals surface area contributed by atoms with Crippen molar-refractivity contribution in [2.75, 3.05) is 20.8 Å². The lowest BCUT2D eigenvalue weighted by atomic mass is 9.80. The molecule has 0 aromatic heterocycles. The summed E-state index contributed by atoms with van der Waals surface area (Å²) in [6.07, 6.45) is 2.13. The third-order valence-electron chi connectivity index (χ3n) is 4.58. The van der Waals surface area contributed by atoms with Crippen molar-refractivity contribution < 1.29 is 29.6 Å². The number of methoxy groups -OCH3 is 2. The first-order chi connectivity index (χ1) is 12.5. The average molecular weight is 356 g/mol. The van der Waals surface area contributed by atoms with E-state index in [9.17, 15) is 20.1 Å². The number of aliphatic hydroxyl groups excluding tert-OH is 1. The summed E-state index contributed by atoms with van der Waals surface area (Å²) in [5.74, 6) is -0.138. The van der Waals surface area contributed by atoms with Gasteiger partial charge in [-0.25, -0.2) is 0 Å². The highest BCUT2D eigenvalue weighted by Gasteiger charge is 2.28. The number of Topliss-reactive ketones (excluding diaryl/α,β-unsaturated/α-hetero) is 1. The summed E-state index contributed by atoms with van der Waals surface area (Å²) < 4.78 is 10.2. The predicted molar refractivity (Wildman–Crippen MR) is 95.9 cm³/mol. The van der Waals surface area contributed by atoms with Crippen LogP contribution in [0, 0.1) is 5.92 Å². The van der Waals surface area contributed by atoms with Gasteiger partial charge in [-0.15, -0.1) is 0 Å². The largest absolute Gasteiger partial charge is 0.504 e. The van der Waals surface area contributed by atoms with E-state index < -0.39 is 0 Å². The average Bonchev–Trinajstić information content (AvgIpc) is 2.66. The number of carbonyl (C=O) groups excluding carboxylic acids is 1. The number of ketones is 1. The van der Waals surface area contributed by atoms with Gasteiger partial charge in [0.05, 0.1) is 20.8 Å². The molecule has 1 unspecified atom stereocenters. The first-order valence-electron chi connectivity index (χ1n) is 8.12.